The van der Waals surface area contributed by atoms with Crippen LogP contribution in [-0.4, -0.2) is 0 Å². The first kappa shape index (κ1) is 7.60. The lowest BCUT2D eigenvalue weighted by Crippen LogP contribution is -1.65. The summed E-state index contributed by atoms with van der Waals surface area (Å²) in [5.74, 6) is 6.19. The van der Waals surface area contributed by atoms with Crippen molar-refractivity contribution in [2.24, 2.45) is 0 Å². The molecule has 0 N–H and O–H groups in total. The highest BCUT2D eigenvalue weighted by Gasteiger charge is 1.85. The molecule has 12 heavy (non-hydrogen) atoms. The molecule has 0 fully saturated rings. The van der Waals surface area contributed by atoms with Gasteiger partial charge in [-0.1, -0.05) is 11.8 Å². The molecule has 0 aliphatic heterocycles. The van der Waals surface area contributed by atoms with Crippen molar-refractivity contribution in [1.82, 2.24) is 0 Å². The standard InChI is InChI=1S/C10H6S2/c1(9-3-5-11-7-9)2-10-4-6-12-8-10/h3-8H. The minimum absolute atomic E-state index is 1.10. The maximum Gasteiger partial charge on any atom is 0.0356 e. The highest BCUT2D eigenvalue weighted by molar-refractivity contribution is 7.08. The quantitative estimate of drug-likeness (QED) is 0.560. The Kier molecular flexibility index (Phi) is 2.26. The van der Waals surface area contributed by atoms with Gasteiger partial charge in [0.1, 0.15) is 0 Å². The molecule has 0 saturated carbocycles. The molecule has 2 aromatic rings. The Morgan fingerprint density at radius 3 is 1.67 bits per heavy atom. The SMILES string of the molecule is C(#Cc1ccsc1)c1ccsc1. The molecule has 0 bridgehead atoms. The lowest BCUT2D eigenvalue weighted by Gasteiger charge is -1.76. The molecular formula is C10H6S2. The van der Waals surface area contributed by atoms with Crippen LogP contribution in [0.3, 0.4) is 0 Å². The Morgan fingerprint density at radius 2 is 1.33 bits per heavy atom. The smallest absolute Gasteiger partial charge is 0.0356 e. The summed E-state index contributed by atoms with van der Waals surface area (Å²) in [5.41, 5.74) is 2.21. The largest absolute Gasteiger partial charge is 0.151 e. The molecule has 0 aliphatic carbocycles. The van der Waals surface area contributed by atoms with Gasteiger partial charge in [-0.3, -0.25) is 0 Å². The van der Waals surface area contributed by atoms with Crippen LogP contribution >= 0.6 is 22.7 Å². The van der Waals surface area contributed by atoms with Gasteiger partial charge in [-0.15, -0.1) is 0 Å². The summed E-state index contributed by atoms with van der Waals surface area (Å²) >= 11 is 3.35. The monoisotopic (exact) mass is 190 g/mol. The maximum absolute atomic E-state index is 3.09. The summed E-state index contributed by atoms with van der Waals surface area (Å²) in [6, 6.07) is 4.06. The topological polar surface area (TPSA) is 0 Å². The highest BCUT2D eigenvalue weighted by Crippen LogP contribution is 2.06. The van der Waals surface area contributed by atoms with Crippen LogP contribution in [0.1, 0.15) is 11.1 Å². The van der Waals surface area contributed by atoms with E-state index in [1.54, 1.807) is 22.7 Å². The van der Waals surface area contributed by atoms with E-state index in [0.29, 0.717) is 0 Å². The third-order valence-electron chi connectivity index (χ3n) is 1.39. The van der Waals surface area contributed by atoms with E-state index in [1.165, 1.54) is 0 Å². The fraction of sp³-hybridized carbons (Fsp3) is 0. The fourth-order valence-corrected chi connectivity index (χ4v) is 1.99. The second-order valence-electron chi connectivity index (χ2n) is 2.27. The molecule has 58 valence electrons. The zero-order valence-electron chi connectivity index (χ0n) is 6.28. The molecule has 0 saturated heterocycles. The van der Waals surface area contributed by atoms with Gasteiger partial charge in [-0.05, 0) is 22.9 Å². The molecule has 2 rings (SSSR count). The van der Waals surface area contributed by atoms with Gasteiger partial charge in [-0.2, -0.15) is 22.7 Å². The van der Waals surface area contributed by atoms with Crippen molar-refractivity contribution in [2.75, 3.05) is 0 Å². The predicted octanol–water partition coefficient (Wildman–Crippen LogP) is 3.21. The number of thiophene rings is 2. The van der Waals surface area contributed by atoms with Crippen LogP contribution in [0.25, 0.3) is 0 Å². The van der Waals surface area contributed by atoms with E-state index in [2.05, 4.69) is 22.6 Å². The van der Waals surface area contributed by atoms with E-state index in [-0.39, 0.29) is 0 Å². The summed E-state index contributed by atoms with van der Waals surface area (Å²) < 4.78 is 0. The molecule has 0 amide bonds. The van der Waals surface area contributed by atoms with E-state index in [1.807, 2.05) is 22.9 Å². The van der Waals surface area contributed by atoms with Crippen molar-refractivity contribution in [2.45, 2.75) is 0 Å². The van der Waals surface area contributed by atoms with E-state index in [0.717, 1.165) is 11.1 Å². The minimum atomic E-state index is 1.10. The Hall–Kier alpha value is -1.04. The van der Waals surface area contributed by atoms with Crippen molar-refractivity contribution in [1.29, 1.82) is 0 Å². The normalized spacial score (nSPS) is 9.00. The maximum atomic E-state index is 3.09. The van der Waals surface area contributed by atoms with Crippen LogP contribution in [0.4, 0.5) is 0 Å². The third kappa shape index (κ3) is 1.76. The van der Waals surface area contributed by atoms with E-state index in [9.17, 15) is 0 Å². The molecule has 0 aromatic carbocycles. The van der Waals surface area contributed by atoms with Gasteiger partial charge in [-0.25, -0.2) is 0 Å². The van der Waals surface area contributed by atoms with Crippen LogP contribution in [0.2, 0.25) is 0 Å². The fourth-order valence-electron chi connectivity index (χ4n) is 0.816. The van der Waals surface area contributed by atoms with Gasteiger partial charge in [0.25, 0.3) is 0 Å². The van der Waals surface area contributed by atoms with Gasteiger partial charge in [0.05, 0.1) is 0 Å². The van der Waals surface area contributed by atoms with Gasteiger partial charge in [0.2, 0.25) is 0 Å². The first-order chi connectivity index (χ1) is 5.95. The lowest BCUT2D eigenvalue weighted by molar-refractivity contribution is 1.81. The molecule has 0 nitrogen and oxygen atoms in total. The lowest BCUT2D eigenvalue weighted by atomic mass is 10.3. The molecule has 2 aromatic heterocycles. The number of hydrogen-bond acceptors (Lipinski definition) is 2. The average molecular weight is 190 g/mol. The Labute approximate surface area is 79.5 Å². The molecule has 0 radical (unpaired) electrons. The molecular weight excluding hydrogens is 184 g/mol. The summed E-state index contributed by atoms with van der Waals surface area (Å²) in [6.45, 7) is 0. The zero-order chi connectivity index (χ0) is 8.23. The summed E-state index contributed by atoms with van der Waals surface area (Å²) in [7, 11) is 0. The van der Waals surface area contributed by atoms with Crippen molar-refractivity contribution >= 4 is 22.7 Å². The van der Waals surface area contributed by atoms with Crippen LogP contribution in [-0.2, 0) is 0 Å². The second kappa shape index (κ2) is 3.57. The number of hydrogen-bond donors (Lipinski definition) is 0. The third-order valence-corrected chi connectivity index (χ3v) is 2.76. The Balaban J connectivity index is 2.22. The van der Waals surface area contributed by atoms with Crippen molar-refractivity contribution in [3.05, 3.63) is 44.8 Å². The van der Waals surface area contributed by atoms with E-state index >= 15 is 0 Å². The molecule has 0 spiro atoms. The van der Waals surface area contributed by atoms with Crippen molar-refractivity contribution < 1.29 is 0 Å². The van der Waals surface area contributed by atoms with Crippen LogP contribution in [0.5, 0.6) is 0 Å². The Bertz CT molecular complexity index is 346. The molecule has 0 unspecified atom stereocenters. The molecule has 2 heterocycles. The zero-order valence-corrected chi connectivity index (χ0v) is 7.91. The molecule has 0 atom stereocenters. The summed E-state index contributed by atoms with van der Waals surface area (Å²) in [6.07, 6.45) is 0. The van der Waals surface area contributed by atoms with Crippen LogP contribution in [0.15, 0.2) is 33.7 Å². The van der Waals surface area contributed by atoms with Crippen LogP contribution in [0, 0.1) is 11.8 Å². The first-order valence-electron chi connectivity index (χ1n) is 3.51. The van der Waals surface area contributed by atoms with E-state index in [4.69, 9.17) is 0 Å². The predicted molar refractivity (Wildman–Crippen MR) is 54.6 cm³/mol. The van der Waals surface area contributed by atoms with Gasteiger partial charge >= 0.3 is 0 Å². The van der Waals surface area contributed by atoms with Gasteiger partial charge in [0.15, 0.2) is 0 Å². The van der Waals surface area contributed by atoms with Crippen molar-refractivity contribution in [3.63, 3.8) is 0 Å². The Morgan fingerprint density at radius 1 is 0.833 bits per heavy atom. The summed E-state index contributed by atoms with van der Waals surface area (Å²) in [5, 5.41) is 8.19. The molecule has 2 heteroatoms. The molecule has 0 aliphatic rings. The summed E-state index contributed by atoms with van der Waals surface area (Å²) in [4.78, 5) is 0. The van der Waals surface area contributed by atoms with Crippen LogP contribution < -0.4 is 0 Å². The first-order valence-corrected chi connectivity index (χ1v) is 5.40. The average Bonchev–Trinajstić information content (AvgIpc) is 2.74. The van der Waals surface area contributed by atoms with E-state index < -0.39 is 0 Å². The second-order valence-corrected chi connectivity index (χ2v) is 3.83. The van der Waals surface area contributed by atoms with Gasteiger partial charge in [0, 0.05) is 21.9 Å². The number of rotatable bonds is 0. The van der Waals surface area contributed by atoms with Crippen molar-refractivity contribution in [3.8, 4) is 11.8 Å². The minimum Gasteiger partial charge on any atom is -0.151 e. The van der Waals surface area contributed by atoms with Gasteiger partial charge < -0.3 is 0 Å². The highest BCUT2D eigenvalue weighted by atomic mass is 32.1.